The molecule has 0 radical (unpaired) electrons. The summed E-state index contributed by atoms with van der Waals surface area (Å²) in [7, 11) is 0. The van der Waals surface area contributed by atoms with Gasteiger partial charge in [0.2, 0.25) is 5.91 Å². The van der Waals surface area contributed by atoms with Gasteiger partial charge in [-0.05, 0) is 31.9 Å². The molecule has 0 saturated carbocycles. The van der Waals surface area contributed by atoms with Crippen LogP contribution in [-0.2, 0) is 4.79 Å². The van der Waals surface area contributed by atoms with Gasteiger partial charge in [0, 0.05) is 17.7 Å². The highest BCUT2D eigenvalue weighted by Crippen LogP contribution is 2.31. The molecule has 3 unspecified atom stereocenters. The summed E-state index contributed by atoms with van der Waals surface area (Å²) in [6.45, 7) is 5.94. The van der Waals surface area contributed by atoms with E-state index in [1.807, 2.05) is 13.8 Å². The van der Waals surface area contributed by atoms with Crippen LogP contribution < -0.4 is 5.32 Å². The zero-order chi connectivity index (χ0) is 15.6. The Morgan fingerprint density at radius 2 is 2.05 bits per heavy atom. The van der Waals surface area contributed by atoms with Crippen LogP contribution >= 0.6 is 0 Å². The number of benzene rings is 1. The number of carbonyl (C=O) groups excluding carboxylic acids is 1. The Bertz CT molecular complexity index is 521. The molecule has 2 rings (SSSR count). The third-order valence-corrected chi connectivity index (χ3v) is 4.04. The van der Waals surface area contributed by atoms with E-state index in [0.717, 1.165) is 18.9 Å². The van der Waals surface area contributed by atoms with Crippen molar-refractivity contribution in [2.45, 2.75) is 58.3 Å². The highest BCUT2D eigenvalue weighted by molar-refractivity contribution is 5.84. The number of halogens is 2. The lowest BCUT2D eigenvalue weighted by molar-refractivity contribution is -0.132. The van der Waals surface area contributed by atoms with Gasteiger partial charge >= 0.3 is 0 Å². The Kier molecular flexibility index (Phi) is 4.93. The topological polar surface area (TPSA) is 32.3 Å². The summed E-state index contributed by atoms with van der Waals surface area (Å²) < 4.78 is 27.2. The second-order valence-corrected chi connectivity index (χ2v) is 5.58. The molecule has 1 aliphatic rings. The summed E-state index contributed by atoms with van der Waals surface area (Å²) in [5.41, 5.74) is 0.323. The van der Waals surface area contributed by atoms with E-state index in [1.165, 1.54) is 12.1 Å². The molecule has 116 valence electrons. The molecule has 0 aliphatic carbocycles. The van der Waals surface area contributed by atoms with Crippen LogP contribution in [0.1, 0.15) is 51.8 Å². The van der Waals surface area contributed by atoms with Crippen LogP contribution in [0.15, 0.2) is 18.2 Å². The van der Waals surface area contributed by atoms with E-state index >= 15 is 0 Å². The van der Waals surface area contributed by atoms with Crippen molar-refractivity contribution >= 4 is 5.91 Å². The minimum atomic E-state index is -0.620. The van der Waals surface area contributed by atoms with Crippen LogP contribution in [0.5, 0.6) is 0 Å². The SMILES string of the molecule is CCCC(C)N1C(=O)C(CC)NC1c1ccc(F)cc1F. The van der Waals surface area contributed by atoms with Crippen LogP contribution in [0.2, 0.25) is 0 Å². The first kappa shape index (κ1) is 15.9. The summed E-state index contributed by atoms with van der Waals surface area (Å²) in [5, 5.41) is 3.17. The number of nitrogens with one attached hydrogen (secondary N) is 1. The third-order valence-electron chi connectivity index (χ3n) is 4.04. The quantitative estimate of drug-likeness (QED) is 0.903. The normalized spacial score (nSPS) is 23.7. The Morgan fingerprint density at radius 1 is 1.33 bits per heavy atom. The molecular weight excluding hydrogens is 274 g/mol. The lowest BCUT2D eigenvalue weighted by atomic mass is 10.1. The standard InChI is InChI=1S/C16H22F2N2O/c1-4-6-10(3)20-15(19-14(5-2)16(20)21)12-8-7-11(17)9-13(12)18/h7-10,14-15,19H,4-6H2,1-3H3. The van der Waals surface area contributed by atoms with Crippen molar-refractivity contribution in [2.24, 2.45) is 0 Å². The molecule has 3 nitrogen and oxygen atoms in total. The fraction of sp³-hybridized carbons (Fsp3) is 0.562. The minimum absolute atomic E-state index is 0.00725. The van der Waals surface area contributed by atoms with Crippen LogP contribution in [0.3, 0.4) is 0 Å². The monoisotopic (exact) mass is 296 g/mol. The maximum Gasteiger partial charge on any atom is 0.241 e. The third kappa shape index (κ3) is 3.07. The molecule has 1 saturated heterocycles. The van der Waals surface area contributed by atoms with Gasteiger partial charge in [0.15, 0.2) is 0 Å². The first-order chi connectivity index (χ1) is 9.99. The number of amides is 1. The van der Waals surface area contributed by atoms with Gasteiger partial charge in [0.1, 0.15) is 17.8 Å². The summed E-state index contributed by atoms with van der Waals surface area (Å²) in [4.78, 5) is 14.2. The van der Waals surface area contributed by atoms with E-state index in [1.54, 1.807) is 4.90 Å². The number of rotatable bonds is 5. The minimum Gasteiger partial charge on any atom is -0.319 e. The highest BCUT2D eigenvalue weighted by Gasteiger charge is 2.41. The van der Waals surface area contributed by atoms with Gasteiger partial charge in [-0.15, -0.1) is 0 Å². The molecule has 21 heavy (non-hydrogen) atoms. The number of hydrogen-bond donors (Lipinski definition) is 1. The molecule has 1 fully saturated rings. The molecule has 3 atom stereocenters. The van der Waals surface area contributed by atoms with Crippen molar-refractivity contribution in [2.75, 3.05) is 0 Å². The van der Waals surface area contributed by atoms with Crippen LogP contribution in [0.4, 0.5) is 8.78 Å². The summed E-state index contributed by atoms with van der Waals surface area (Å²) in [5.74, 6) is -1.24. The van der Waals surface area contributed by atoms with Gasteiger partial charge in [-0.1, -0.05) is 20.3 Å². The molecule has 0 bridgehead atoms. The van der Waals surface area contributed by atoms with E-state index in [-0.39, 0.29) is 18.0 Å². The van der Waals surface area contributed by atoms with Crippen molar-refractivity contribution in [3.05, 3.63) is 35.4 Å². The van der Waals surface area contributed by atoms with Crippen molar-refractivity contribution in [1.82, 2.24) is 10.2 Å². The van der Waals surface area contributed by atoms with Gasteiger partial charge in [-0.3, -0.25) is 10.1 Å². The van der Waals surface area contributed by atoms with Gasteiger partial charge in [0.05, 0.1) is 6.04 Å². The zero-order valence-corrected chi connectivity index (χ0v) is 12.7. The molecular formula is C16H22F2N2O. The first-order valence-electron chi connectivity index (χ1n) is 7.52. The van der Waals surface area contributed by atoms with E-state index in [9.17, 15) is 13.6 Å². The Hall–Kier alpha value is -1.49. The van der Waals surface area contributed by atoms with Crippen molar-refractivity contribution in [3.63, 3.8) is 0 Å². The fourth-order valence-corrected chi connectivity index (χ4v) is 2.93. The summed E-state index contributed by atoms with van der Waals surface area (Å²) in [6.07, 6.45) is 1.92. The van der Waals surface area contributed by atoms with Gasteiger partial charge in [-0.25, -0.2) is 8.78 Å². The predicted octanol–water partition coefficient (Wildman–Crippen LogP) is 3.36. The van der Waals surface area contributed by atoms with E-state index in [4.69, 9.17) is 0 Å². The number of nitrogens with zero attached hydrogens (tertiary/aromatic N) is 1. The second kappa shape index (κ2) is 6.52. The van der Waals surface area contributed by atoms with Gasteiger partial charge < -0.3 is 4.90 Å². The molecule has 0 spiro atoms. The molecule has 1 amide bonds. The second-order valence-electron chi connectivity index (χ2n) is 5.58. The molecule has 1 aromatic rings. The van der Waals surface area contributed by atoms with Crippen LogP contribution in [0, 0.1) is 11.6 Å². The van der Waals surface area contributed by atoms with Gasteiger partial charge in [-0.2, -0.15) is 0 Å². The Labute approximate surface area is 124 Å². The summed E-state index contributed by atoms with van der Waals surface area (Å²) >= 11 is 0. The largest absolute Gasteiger partial charge is 0.319 e. The summed E-state index contributed by atoms with van der Waals surface area (Å²) in [6, 6.07) is 3.22. The molecule has 1 N–H and O–H groups in total. The molecule has 1 heterocycles. The van der Waals surface area contributed by atoms with Gasteiger partial charge in [0.25, 0.3) is 0 Å². The average molecular weight is 296 g/mol. The van der Waals surface area contributed by atoms with E-state index in [2.05, 4.69) is 12.2 Å². The van der Waals surface area contributed by atoms with Crippen LogP contribution in [-0.4, -0.2) is 22.9 Å². The fourth-order valence-electron chi connectivity index (χ4n) is 2.93. The van der Waals surface area contributed by atoms with Crippen LogP contribution in [0.25, 0.3) is 0 Å². The predicted molar refractivity (Wildman–Crippen MR) is 77.5 cm³/mol. The number of carbonyl (C=O) groups is 1. The molecule has 5 heteroatoms. The Balaban J connectivity index is 2.36. The van der Waals surface area contributed by atoms with Crippen molar-refractivity contribution < 1.29 is 13.6 Å². The maximum absolute atomic E-state index is 14.1. The molecule has 1 aliphatic heterocycles. The Morgan fingerprint density at radius 3 is 2.62 bits per heavy atom. The van der Waals surface area contributed by atoms with E-state index < -0.39 is 17.8 Å². The lowest BCUT2D eigenvalue weighted by Gasteiger charge is -2.30. The lowest BCUT2D eigenvalue weighted by Crippen LogP contribution is -2.38. The number of hydrogen-bond acceptors (Lipinski definition) is 2. The zero-order valence-electron chi connectivity index (χ0n) is 12.7. The van der Waals surface area contributed by atoms with Crippen molar-refractivity contribution in [1.29, 1.82) is 0 Å². The highest BCUT2D eigenvalue weighted by atomic mass is 19.1. The molecule has 0 aromatic heterocycles. The average Bonchev–Trinajstić information content (AvgIpc) is 2.75. The molecule has 1 aromatic carbocycles. The first-order valence-corrected chi connectivity index (χ1v) is 7.52. The maximum atomic E-state index is 14.1. The van der Waals surface area contributed by atoms with Crippen molar-refractivity contribution in [3.8, 4) is 0 Å². The van der Waals surface area contributed by atoms with E-state index in [0.29, 0.717) is 12.0 Å². The smallest absolute Gasteiger partial charge is 0.241 e.